The highest BCUT2D eigenvalue weighted by molar-refractivity contribution is 14.0. The van der Waals surface area contributed by atoms with E-state index in [0.717, 1.165) is 6.42 Å². The van der Waals surface area contributed by atoms with Crippen LogP contribution in [0.15, 0.2) is 35.3 Å². The fourth-order valence-corrected chi connectivity index (χ4v) is 2.14. The molecule has 0 aliphatic carbocycles. The summed E-state index contributed by atoms with van der Waals surface area (Å²) in [6.07, 6.45) is 1.03. The smallest absolute Gasteiger partial charge is 0.188 e. The van der Waals surface area contributed by atoms with Crippen molar-refractivity contribution in [3.63, 3.8) is 0 Å². The predicted octanol–water partition coefficient (Wildman–Crippen LogP) is 3.44. The summed E-state index contributed by atoms with van der Waals surface area (Å²) in [5.41, 5.74) is 7.07. The van der Waals surface area contributed by atoms with Gasteiger partial charge in [-0.25, -0.2) is 0 Å². The molecule has 22 heavy (non-hydrogen) atoms. The van der Waals surface area contributed by atoms with E-state index in [1.54, 1.807) is 0 Å². The highest BCUT2D eigenvalue weighted by atomic mass is 127. The number of halogens is 1. The number of benzene rings is 1. The van der Waals surface area contributed by atoms with Gasteiger partial charge in [0, 0.05) is 17.6 Å². The van der Waals surface area contributed by atoms with Gasteiger partial charge in [-0.05, 0) is 39.7 Å². The molecule has 5 heteroatoms. The SMILES string of the molecule is CCC(C)NC(N)=NCC(C)(C)NC(C)c1ccccc1.I. The van der Waals surface area contributed by atoms with Crippen LogP contribution in [0.2, 0.25) is 0 Å². The molecule has 0 amide bonds. The molecule has 0 bridgehead atoms. The average Bonchev–Trinajstić information content (AvgIpc) is 2.45. The molecule has 126 valence electrons. The first kappa shape index (κ1) is 21.2. The first-order chi connectivity index (χ1) is 9.84. The average molecular weight is 418 g/mol. The van der Waals surface area contributed by atoms with E-state index in [-0.39, 0.29) is 35.6 Å². The summed E-state index contributed by atoms with van der Waals surface area (Å²) in [5.74, 6) is 0.520. The Balaban J connectivity index is 0.00000441. The molecule has 1 aromatic rings. The molecule has 1 rings (SSSR count). The lowest BCUT2D eigenvalue weighted by Crippen LogP contribution is -2.45. The van der Waals surface area contributed by atoms with Crippen LogP contribution in [-0.4, -0.2) is 24.1 Å². The lowest BCUT2D eigenvalue weighted by Gasteiger charge is -2.29. The number of hydrogen-bond donors (Lipinski definition) is 3. The molecule has 1 aromatic carbocycles. The third-order valence-electron chi connectivity index (χ3n) is 3.56. The lowest BCUT2D eigenvalue weighted by atomic mass is 10.0. The van der Waals surface area contributed by atoms with Gasteiger partial charge in [-0.3, -0.25) is 4.99 Å². The predicted molar refractivity (Wildman–Crippen MR) is 107 cm³/mol. The van der Waals surface area contributed by atoms with Gasteiger partial charge in [0.25, 0.3) is 0 Å². The van der Waals surface area contributed by atoms with Gasteiger partial charge in [0.15, 0.2) is 5.96 Å². The molecule has 0 spiro atoms. The van der Waals surface area contributed by atoms with Crippen molar-refractivity contribution in [3.8, 4) is 0 Å². The summed E-state index contributed by atoms with van der Waals surface area (Å²) in [4.78, 5) is 4.45. The number of guanidine groups is 1. The van der Waals surface area contributed by atoms with Crippen LogP contribution in [0.4, 0.5) is 0 Å². The van der Waals surface area contributed by atoms with Gasteiger partial charge in [0.2, 0.25) is 0 Å². The van der Waals surface area contributed by atoms with Crippen LogP contribution < -0.4 is 16.4 Å². The van der Waals surface area contributed by atoms with E-state index in [1.165, 1.54) is 5.56 Å². The summed E-state index contributed by atoms with van der Waals surface area (Å²) < 4.78 is 0. The van der Waals surface area contributed by atoms with Gasteiger partial charge in [-0.15, -0.1) is 24.0 Å². The van der Waals surface area contributed by atoms with Gasteiger partial charge < -0.3 is 16.4 Å². The van der Waals surface area contributed by atoms with Crippen LogP contribution in [0.5, 0.6) is 0 Å². The van der Waals surface area contributed by atoms with Crippen LogP contribution in [-0.2, 0) is 0 Å². The van der Waals surface area contributed by atoms with Crippen LogP contribution in [0.3, 0.4) is 0 Å². The molecule has 0 saturated heterocycles. The van der Waals surface area contributed by atoms with Gasteiger partial charge >= 0.3 is 0 Å². The Hall–Kier alpha value is -0.820. The zero-order valence-electron chi connectivity index (χ0n) is 14.4. The van der Waals surface area contributed by atoms with E-state index in [9.17, 15) is 0 Å². The van der Waals surface area contributed by atoms with Crippen molar-refractivity contribution in [2.24, 2.45) is 10.7 Å². The number of nitrogens with two attached hydrogens (primary N) is 1. The molecule has 4 nitrogen and oxygen atoms in total. The Morgan fingerprint density at radius 1 is 1.23 bits per heavy atom. The van der Waals surface area contributed by atoms with Crippen molar-refractivity contribution >= 4 is 29.9 Å². The Kier molecular flexibility index (Phi) is 9.67. The maximum Gasteiger partial charge on any atom is 0.188 e. The molecule has 0 radical (unpaired) electrons. The van der Waals surface area contributed by atoms with Crippen molar-refractivity contribution in [1.82, 2.24) is 10.6 Å². The van der Waals surface area contributed by atoms with Crippen LogP contribution in [0.25, 0.3) is 0 Å². The molecule has 0 aromatic heterocycles. The number of hydrogen-bond acceptors (Lipinski definition) is 2. The van der Waals surface area contributed by atoms with E-state index < -0.39 is 0 Å². The number of nitrogens with one attached hydrogen (secondary N) is 2. The summed E-state index contributed by atoms with van der Waals surface area (Å²) in [5, 5.41) is 6.79. The Bertz CT molecular complexity index is 445. The van der Waals surface area contributed by atoms with Crippen molar-refractivity contribution in [2.75, 3.05) is 6.54 Å². The maximum atomic E-state index is 5.91. The van der Waals surface area contributed by atoms with Crippen molar-refractivity contribution in [3.05, 3.63) is 35.9 Å². The summed E-state index contributed by atoms with van der Waals surface area (Å²) >= 11 is 0. The summed E-state index contributed by atoms with van der Waals surface area (Å²) in [6.45, 7) is 11.3. The van der Waals surface area contributed by atoms with Gasteiger partial charge in [-0.1, -0.05) is 37.3 Å². The zero-order valence-corrected chi connectivity index (χ0v) is 16.7. The van der Waals surface area contributed by atoms with Crippen molar-refractivity contribution < 1.29 is 0 Å². The van der Waals surface area contributed by atoms with E-state index >= 15 is 0 Å². The topological polar surface area (TPSA) is 62.4 Å². The van der Waals surface area contributed by atoms with Crippen molar-refractivity contribution in [2.45, 2.75) is 58.7 Å². The summed E-state index contributed by atoms with van der Waals surface area (Å²) in [6, 6.07) is 11.1. The molecular formula is C17H31IN4. The van der Waals surface area contributed by atoms with E-state index in [0.29, 0.717) is 18.5 Å². The minimum Gasteiger partial charge on any atom is -0.370 e. The number of rotatable bonds is 7. The normalized spacial score (nSPS) is 14.9. The molecule has 0 fully saturated rings. The minimum atomic E-state index is -0.114. The molecular weight excluding hydrogens is 387 g/mol. The first-order valence-electron chi connectivity index (χ1n) is 7.73. The zero-order chi connectivity index (χ0) is 15.9. The third-order valence-corrected chi connectivity index (χ3v) is 3.56. The second-order valence-electron chi connectivity index (χ2n) is 6.32. The second kappa shape index (κ2) is 10.0. The monoisotopic (exact) mass is 418 g/mol. The van der Waals surface area contributed by atoms with E-state index in [2.05, 4.69) is 74.5 Å². The Labute approximate surface area is 152 Å². The second-order valence-corrected chi connectivity index (χ2v) is 6.32. The molecule has 0 heterocycles. The first-order valence-corrected chi connectivity index (χ1v) is 7.73. The highest BCUT2D eigenvalue weighted by Gasteiger charge is 2.20. The molecule has 0 saturated carbocycles. The molecule has 0 aliphatic rings. The van der Waals surface area contributed by atoms with Gasteiger partial charge in [0.05, 0.1) is 6.54 Å². The van der Waals surface area contributed by atoms with Crippen LogP contribution in [0, 0.1) is 0 Å². The quantitative estimate of drug-likeness (QED) is 0.361. The molecule has 2 unspecified atom stereocenters. The van der Waals surface area contributed by atoms with Crippen LogP contribution in [0.1, 0.15) is 52.6 Å². The molecule has 0 aliphatic heterocycles. The van der Waals surface area contributed by atoms with Gasteiger partial charge in [-0.2, -0.15) is 0 Å². The third kappa shape index (κ3) is 7.98. The fourth-order valence-electron chi connectivity index (χ4n) is 2.14. The Morgan fingerprint density at radius 2 is 1.82 bits per heavy atom. The number of aliphatic imine (C=N–C) groups is 1. The maximum absolute atomic E-state index is 5.91. The van der Waals surface area contributed by atoms with E-state index in [4.69, 9.17) is 5.73 Å². The van der Waals surface area contributed by atoms with Crippen LogP contribution >= 0.6 is 24.0 Å². The molecule has 4 N–H and O–H groups in total. The van der Waals surface area contributed by atoms with E-state index in [1.807, 2.05) is 6.07 Å². The molecule has 2 atom stereocenters. The number of nitrogens with zero attached hydrogens (tertiary/aromatic N) is 1. The summed E-state index contributed by atoms with van der Waals surface area (Å²) in [7, 11) is 0. The fraction of sp³-hybridized carbons (Fsp3) is 0.588. The minimum absolute atomic E-state index is 0. The highest BCUT2D eigenvalue weighted by Crippen LogP contribution is 2.16. The largest absolute Gasteiger partial charge is 0.370 e. The van der Waals surface area contributed by atoms with Crippen molar-refractivity contribution in [1.29, 1.82) is 0 Å². The lowest BCUT2D eigenvalue weighted by molar-refractivity contribution is 0.356. The standard InChI is InChI=1S/C17H30N4.HI/c1-6-13(2)20-16(18)19-12-17(4,5)21-14(3)15-10-8-7-9-11-15;/h7-11,13-14,21H,6,12H2,1-5H3,(H3,18,19,20);1H. The Morgan fingerprint density at radius 3 is 2.36 bits per heavy atom. The van der Waals surface area contributed by atoms with Gasteiger partial charge in [0.1, 0.15) is 0 Å².